The minimum atomic E-state index is -0.0856. The molecule has 1 aromatic rings. The molecule has 4 aliphatic rings. The van der Waals surface area contributed by atoms with Gasteiger partial charge in [-0.25, -0.2) is 9.98 Å². The minimum absolute atomic E-state index is 0.0856. The number of nitrogens with zero attached hydrogens (tertiary/aromatic N) is 3. The number of aliphatic imine (C=N–C) groups is 1. The van der Waals surface area contributed by atoms with Gasteiger partial charge in [0.25, 0.3) is 6.02 Å². The highest BCUT2D eigenvalue weighted by atomic mass is 16.5. The normalized spacial score (nSPS) is 33.9. The Kier molecular flexibility index (Phi) is 2.92. The Balaban J connectivity index is 1.49. The topological polar surface area (TPSA) is 49.8 Å². The maximum Gasteiger partial charge on any atom is 0.291 e. The molecule has 5 nitrogen and oxygen atoms in total. The second kappa shape index (κ2) is 4.70. The van der Waals surface area contributed by atoms with E-state index in [1.165, 1.54) is 31.5 Å². The van der Waals surface area contributed by atoms with Gasteiger partial charge in [0.2, 0.25) is 0 Å². The Morgan fingerprint density at radius 3 is 2.76 bits per heavy atom. The average Bonchev–Trinajstić information content (AvgIpc) is 2.81. The molecule has 1 aromatic heterocycles. The number of ether oxygens (including phenoxy) is 1. The number of piperidine rings is 3. The first-order chi connectivity index (χ1) is 10.1. The van der Waals surface area contributed by atoms with Crippen LogP contribution < -0.4 is 5.32 Å². The van der Waals surface area contributed by atoms with Crippen LogP contribution in [0.1, 0.15) is 24.1 Å². The van der Waals surface area contributed by atoms with Crippen molar-refractivity contribution in [3.63, 3.8) is 0 Å². The molecule has 0 amide bonds. The third kappa shape index (κ3) is 2.29. The molecule has 4 aliphatic heterocycles. The average molecular weight is 286 g/mol. The molecule has 1 spiro atoms. The monoisotopic (exact) mass is 286 g/mol. The van der Waals surface area contributed by atoms with Crippen molar-refractivity contribution in [2.75, 3.05) is 31.5 Å². The van der Waals surface area contributed by atoms with Crippen molar-refractivity contribution in [3.05, 3.63) is 23.4 Å². The summed E-state index contributed by atoms with van der Waals surface area (Å²) in [5, 5.41) is 3.25. The van der Waals surface area contributed by atoms with E-state index in [0.29, 0.717) is 11.9 Å². The third-order valence-electron chi connectivity index (χ3n) is 4.95. The van der Waals surface area contributed by atoms with Gasteiger partial charge >= 0.3 is 0 Å². The predicted octanol–water partition coefficient (Wildman–Crippen LogP) is 1.96. The summed E-state index contributed by atoms with van der Waals surface area (Å²) >= 11 is 0. The van der Waals surface area contributed by atoms with E-state index < -0.39 is 0 Å². The number of aryl methyl sites for hydroxylation is 2. The molecule has 0 aliphatic carbocycles. The summed E-state index contributed by atoms with van der Waals surface area (Å²) in [4.78, 5) is 11.6. The van der Waals surface area contributed by atoms with Crippen molar-refractivity contribution < 1.29 is 4.74 Å². The molecule has 5 heteroatoms. The summed E-state index contributed by atoms with van der Waals surface area (Å²) in [6.07, 6.45) is 2.48. The maximum atomic E-state index is 6.26. The number of hydrogen-bond acceptors (Lipinski definition) is 5. The second-order valence-electron chi connectivity index (χ2n) is 6.63. The molecular formula is C16H22N4O. The van der Waals surface area contributed by atoms with Crippen LogP contribution in [0.25, 0.3) is 0 Å². The first kappa shape index (κ1) is 13.1. The van der Waals surface area contributed by atoms with E-state index in [0.717, 1.165) is 24.6 Å². The molecule has 0 unspecified atom stereocenters. The molecule has 2 bridgehead atoms. The summed E-state index contributed by atoms with van der Waals surface area (Å²) in [6, 6.07) is 4.74. The largest absolute Gasteiger partial charge is 0.455 e. The highest BCUT2D eigenvalue weighted by molar-refractivity contribution is 5.89. The van der Waals surface area contributed by atoms with Crippen molar-refractivity contribution in [3.8, 4) is 0 Å². The lowest BCUT2D eigenvalue weighted by Crippen LogP contribution is -2.61. The van der Waals surface area contributed by atoms with E-state index in [1.807, 2.05) is 13.0 Å². The summed E-state index contributed by atoms with van der Waals surface area (Å²) in [6.45, 7) is 8.32. The molecule has 1 atom stereocenters. The van der Waals surface area contributed by atoms with Crippen molar-refractivity contribution >= 4 is 11.8 Å². The Morgan fingerprint density at radius 1 is 1.29 bits per heavy atom. The van der Waals surface area contributed by atoms with Crippen LogP contribution in [0.3, 0.4) is 0 Å². The Hall–Kier alpha value is -1.62. The standard InChI is InChI=1S/C16H22N4O/c1-11-7-12(2)18-14(8-11)19-15-17-9-16(21-15)10-20-5-3-13(16)4-6-20/h7-8,13H,3-6,9-10H2,1-2H3,(H,17,18,19)/t16-/m0/s1. The van der Waals surface area contributed by atoms with Gasteiger partial charge in [-0.05, 0) is 57.5 Å². The molecule has 5 heterocycles. The third-order valence-corrected chi connectivity index (χ3v) is 4.95. The van der Waals surface area contributed by atoms with Gasteiger partial charge in [0, 0.05) is 18.2 Å². The van der Waals surface area contributed by atoms with Gasteiger partial charge in [0.15, 0.2) is 0 Å². The van der Waals surface area contributed by atoms with Crippen molar-refractivity contribution in [2.24, 2.45) is 10.9 Å². The molecule has 3 fully saturated rings. The van der Waals surface area contributed by atoms with Crippen molar-refractivity contribution in [1.29, 1.82) is 0 Å². The molecule has 0 saturated carbocycles. The fraction of sp³-hybridized carbons (Fsp3) is 0.625. The smallest absolute Gasteiger partial charge is 0.291 e. The second-order valence-corrected chi connectivity index (χ2v) is 6.63. The lowest BCUT2D eigenvalue weighted by atomic mass is 9.75. The van der Waals surface area contributed by atoms with Crippen LogP contribution in [-0.2, 0) is 4.74 Å². The number of rotatable bonds is 1. The van der Waals surface area contributed by atoms with Crippen LogP contribution in [0.5, 0.6) is 0 Å². The molecule has 5 rings (SSSR count). The van der Waals surface area contributed by atoms with Gasteiger partial charge < -0.3 is 4.74 Å². The first-order valence-corrected chi connectivity index (χ1v) is 7.81. The lowest BCUT2D eigenvalue weighted by Gasteiger charge is -2.50. The van der Waals surface area contributed by atoms with Gasteiger partial charge in [-0.15, -0.1) is 0 Å². The Labute approximate surface area is 125 Å². The van der Waals surface area contributed by atoms with Crippen molar-refractivity contribution in [2.45, 2.75) is 32.3 Å². The van der Waals surface area contributed by atoms with E-state index in [2.05, 4.69) is 33.2 Å². The lowest BCUT2D eigenvalue weighted by molar-refractivity contribution is -0.0829. The zero-order chi connectivity index (χ0) is 14.4. The molecule has 0 aromatic carbocycles. The Bertz CT molecular complexity index is 572. The van der Waals surface area contributed by atoms with Crippen LogP contribution in [-0.4, -0.2) is 47.7 Å². The number of nitrogens with one attached hydrogen (secondary N) is 1. The van der Waals surface area contributed by atoms with Gasteiger partial charge in [-0.3, -0.25) is 10.2 Å². The molecule has 21 heavy (non-hydrogen) atoms. The quantitative estimate of drug-likeness (QED) is 0.857. The van der Waals surface area contributed by atoms with E-state index >= 15 is 0 Å². The van der Waals surface area contributed by atoms with E-state index in [1.54, 1.807) is 0 Å². The van der Waals surface area contributed by atoms with Crippen LogP contribution in [0.2, 0.25) is 0 Å². The number of fused-ring (bicyclic) bond motifs is 2. The number of aromatic nitrogens is 1. The fourth-order valence-electron chi connectivity index (χ4n) is 3.96. The number of pyridine rings is 1. The number of hydrogen-bond donors (Lipinski definition) is 1. The SMILES string of the molecule is Cc1cc(C)nc(NC2=NC[C@@]3(CN4CCC3CC4)O2)c1. The number of anilines is 1. The van der Waals surface area contributed by atoms with Crippen LogP contribution in [0.15, 0.2) is 17.1 Å². The van der Waals surface area contributed by atoms with Gasteiger partial charge in [0.1, 0.15) is 11.4 Å². The summed E-state index contributed by atoms with van der Waals surface area (Å²) in [7, 11) is 0. The summed E-state index contributed by atoms with van der Waals surface area (Å²) in [5.41, 5.74) is 2.12. The summed E-state index contributed by atoms with van der Waals surface area (Å²) in [5.74, 6) is 1.47. The molecular weight excluding hydrogens is 264 g/mol. The fourth-order valence-corrected chi connectivity index (χ4v) is 3.96. The highest BCUT2D eigenvalue weighted by Gasteiger charge is 2.51. The van der Waals surface area contributed by atoms with Gasteiger partial charge in [0.05, 0.1) is 6.54 Å². The van der Waals surface area contributed by atoms with Crippen molar-refractivity contribution in [1.82, 2.24) is 9.88 Å². The van der Waals surface area contributed by atoms with Gasteiger partial charge in [-0.1, -0.05) is 0 Å². The van der Waals surface area contributed by atoms with Crippen LogP contribution >= 0.6 is 0 Å². The van der Waals surface area contributed by atoms with E-state index in [4.69, 9.17) is 4.74 Å². The van der Waals surface area contributed by atoms with Crippen LogP contribution in [0.4, 0.5) is 5.82 Å². The highest BCUT2D eigenvalue weighted by Crippen LogP contribution is 2.40. The van der Waals surface area contributed by atoms with E-state index in [-0.39, 0.29) is 5.60 Å². The van der Waals surface area contributed by atoms with Gasteiger partial charge in [-0.2, -0.15) is 0 Å². The number of amidine groups is 1. The molecule has 0 radical (unpaired) electrons. The molecule has 3 saturated heterocycles. The minimum Gasteiger partial charge on any atom is -0.455 e. The van der Waals surface area contributed by atoms with E-state index in [9.17, 15) is 0 Å². The molecule has 1 N–H and O–H groups in total. The van der Waals surface area contributed by atoms with Crippen LogP contribution in [0, 0.1) is 19.8 Å². The maximum absolute atomic E-state index is 6.26. The zero-order valence-corrected chi connectivity index (χ0v) is 12.7. The first-order valence-electron chi connectivity index (χ1n) is 7.81. The Morgan fingerprint density at radius 2 is 2.10 bits per heavy atom. The summed E-state index contributed by atoms with van der Waals surface area (Å²) < 4.78 is 6.26. The molecule has 112 valence electrons. The zero-order valence-electron chi connectivity index (χ0n) is 12.7. The predicted molar refractivity (Wildman–Crippen MR) is 82.6 cm³/mol.